The minimum Gasteiger partial charge on any atom is -0.412 e. The molecule has 0 bridgehead atoms. The fraction of sp³-hybridized carbons (Fsp3) is 0. The molecule has 0 aliphatic heterocycles. The molecule has 18 nitrogen and oxygen atoms in total. The zero-order valence-corrected chi connectivity index (χ0v) is 15.4. The summed E-state index contributed by atoms with van der Waals surface area (Å²) in [6.45, 7) is 0. The van der Waals surface area contributed by atoms with Crippen LogP contribution in [0.1, 0.15) is 0 Å². The summed E-state index contributed by atoms with van der Waals surface area (Å²) in [5.74, 6) is 0. The molecule has 0 rings (SSSR count). The second kappa shape index (κ2) is 43.2. The number of nitrogens with zero attached hydrogens (tertiary/aromatic N) is 4. The predicted molar refractivity (Wildman–Crippen MR) is 60.2 cm³/mol. The first-order chi connectivity index (χ1) is 6.93. The average molecular weight is 514 g/mol. The Morgan fingerprint density at radius 3 is 0.450 bits per heavy atom. The van der Waals surface area contributed by atoms with E-state index < -0.39 is 20.3 Å². The molecular weight excluding hydrogens is 510 g/mol. The van der Waals surface area contributed by atoms with Crippen molar-refractivity contribution in [1.29, 1.82) is 0 Å². The van der Waals surface area contributed by atoms with Gasteiger partial charge in [0.1, 0.15) is 0 Å². The van der Waals surface area contributed by atoms with Crippen LogP contribution in [0, 0.1) is 61.3 Å². The van der Waals surface area contributed by atoms with Crippen molar-refractivity contribution >= 4 is 51.7 Å². The van der Waals surface area contributed by atoms with Crippen LogP contribution in [0.2, 0.25) is 0 Å². The van der Waals surface area contributed by atoms with E-state index in [9.17, 15) is 0 Å². The molecule has 0 aromatic carbocycles. The summed E-state index contributed by atoms with van der Waals surface area (Å²) in [5.41, 5.74) is 0. The third-order valence-corrected chi connectivity index (χ3v) is 0. The molecule has 0 saturated carbocycles. The van der Waals surface area contributed by atoms with Crippen LogP contribution in [0.5, 0.6) is 0 Å². The Bertz CT molecular complexity index is 163. The maximum Gasteiger partial charge on any atom is 3.00 e. The van der Waals surface area contributed by atoms with E-state index in [4.69, 9.17) is 61.3 Å². The second-order valence-corrected chi connectivity index (χ2v) is 0.894. The molecule has 0 atom stereocenters. The normalized spacial score (nSPS) is 4.80. The van der Waals surface area contributed by atoms with Gasteiger partial charge in [0.15, 0.2) is 0 Å². The van der Waals surface area contributed by atoms with Gasteiger partial charge in [-0.2, -0.15) is 0 Å². The van der Waals surface area contributed by atoms with E-state index in [1.54, 1.807) is 0 Å². The molecule has 0 fully saturated rings. The predicted octanol–water partition coefficient (Wildman–Crippen LogP) is -3.37. The fourth-order valence-corrected chi connectivity index (χ4v) is 0. The summed E-state index contributed by atoms with van der Waals surface area (Å²) < 4.78 is 0. The van der Waals surface area contributed by atoms with E-state index in [1.165, 1.54) is 0 Å². The second-order valence-electron chi connectivity index (χ2n) is 0.894. The van der Waals surface area contributed by atoms with Crippen LogP contribution in [-0.2, 0) is 0 Å². The van der Waals surface area contributed by atoms with Gasteiger partial charge in [0.05, 0.1) is 20.3 Å². The maximum absolute atomic E-state index is 8.25. The number of hydrogen-bond acceptors (Lipinski definition) is 12. The largest absolute Gasteiger partial charge is 3.00 e. The molecule has 0 spiro atoms. The van der Waals surface area contributed by atoms with Crippen LogP contribution in [-0.4, -0.2) is 83.0 Å². The number of rotatable bonds is 0. The van der Waals surface area contributed by atoms with Crippen molar-refractivity contribution in [2.24, 2.45) is 0 Å². The minimum atomic E-state index is -1.75. The fourth-order valence-electron chi connectivity index (χ4n) is 0. The molecule has 20 heteroatoms. The van der Waals surface area contributed by atoms with Gasteiger partial charge in [-0.3, -0.25) is 0 Å². The van der Waals surface area contributed by atoms with E-state index in [2.05, 4.69) is 0 Å². The quantitative estimate of drug-likeness (QED) is 0.226. The molecule has 0 aliphatic carbocycles. The van der Waals surface area contributed by atoms with Gasteiger partial charge >= 0.3 is 25.8 Å². The molecule has 0 aromatic heterocycles. The molecule has 0 heterocycles. The minimum absolute atomic E-state index is 0. The summed E-state index contributed by atoms with van der Waals surface area (Å²) in [4.78, 5) is 33.0. The van der Waals surface area contributed by atoms with Crippen LogP contribution in [0.3, 0.4) is 0 Å². The Labute approximate surface area is 144 Å². The van der Waals surface area contributed by atoms with Crippen LogP contribution >= 0.6 is 0 Å². The van der Waals surface area contributed by atoms with Crippen molar-refractivity contribution < 1.29 is 31.3 Å². The van der Waals surface area contributed by atoms with Gasteiger partial charge in [-0.15, -0.1) is 0 Å². The molecule has 0 aromatic rings. The van der Waals surface area contributed by atoms with Gasteiger partial charge in [-0.25, -0.2) is 0 Å². The third-order valence-electron chi connectivity index (χ3n) is 0. The molecule has 115 valence electrons. The van der Waals surface area contributed by atoms with E-state index in [1.807, 2.05) is 0 Å². The summed E-state index contributed by atoms with van der Waals surface area (Å²) in [6.07, 6.45) is 0. The zero-order valence-electron chi connectivity index (χ0n) is 8.84. The van der Waals surface area contributed by atoms with Gasteiger partial charge in [0, 0.05) is 25.8 Å². The van der Waals surface area contributed by atoms with Gasteiger partial charge in [0.25, 0.3) is 0 Å². The molecule has 3 radical (unpaired) electrons. The van der Waals surface area contributed by atoms with E-state index in [-0.39, 0.29) is 62.6 Å². The van der Waals surface area contributed by atoms with E-state index >= 15 is 0 Å². The molecule has 0 aliphatic rings. The monoisotopic (exact) mass is 514 g/mol. The van der Waals surface area contributed by atoms with Crippen LogP contribution in [0.4, 0.5) is 0 Å². The maximum atomic E-state index is 8.25. The Morgan fingerprint density at radius 1 is 0.450 bits per heavy atom. The molecule has 0 unspecified atom stereocenters. The molecule has 4 N–H and O–H groups in total. The Balaban J connectivity index is -0.0000000150. The van der Waals surface area contributed by atoms with E-state index in [0.29, 0.717) is 0 Å². The van der Waals surface area contributed by atoms with Crippen molar-refractivity contribution in [3.63, 3.8) is 0 Å². The van der Waals surface area contributed by atoms with Crippen molar-refractivity contribution in [3.05, 3.63) is 61.3 Å². The van der Waals surface area contributed by atoms with Crippen LogP contribution < -0.4 is 0 Å². The van der Waals surface area contributed by atoms with Crippen LogP contribution in [0.25, 0.3) is 0 Å². The van der Waals surface area contributed by atoms with E-state index in [0.717, 1.165) is 0 Å². The van der Waals surface area contributed by atoms with Gasteiger partial charge in [-0.1, -0.05) is 0 Å². The summed E-state index contributed by atoms with van der Waals surface area (Å²) in [6, 6.07) is 0. The summed E-state index contributed by atoms with van der Waals surface area (Å²) in [7, 11) is 0. The van der Waals surface area contributed by atoms with Crippen molar-refractivity contribution in [3.8, 4) is 0 Å². The smallest absolute Gasteiger partial charge is 0.412 e. The van der Waals surface area contributed by atoms with Gasteiger partial charge in [0.2, 0.25) is 0 Å². The molecule has 0 amide bonds. The first kappa shape index (κ1) is 51.4. The van der Waals surface area contributed by atoms with Crippen molar-refractivity contribution in [1.82, 2.24) is 0 Å². The topological polar surface area (TPSA) is 328 Å². The molecule has 0 saturated heterocycles. The molecule has 20 heavy (non-hydrogen) atoms. The zero-order chi connectivity index (χ0) is 14.3. The Kier molecular flexibility index (Phi) is 111. The first-order valence-electron chi connectivity index (χ1n) is 2.19. The Hall–Kier alpha value is -1.54. The third kappa shape index (κ3) is 1660. The Morgan fingerprint density at radius 2 is 0.450 bits per heavy atom. The van der Waals surface area contributed by atoms with Crippen molar-refractivity contribution in [2.45, 2.75) is 0 Å². The van der Waals surface area contributed by atoms with Gasteiger partial charge < -0.3 is 72.2 Å². The SMILES string of the molecule is O.O.O=[N+]([O-])[O-].O=[N+]([O-])[O-].O=[N+]([O-])[O-].O=[N+]([O-])[O-].[In+3].[In]. The average Bonchev–Trinajstić information content (AvgIpc) is 1.76. The molecular formula is H4In2N4O14-. The first-order valence-corrected chi connectivity index (χ1v) is 2.19. The van der Waals surface area contributed by atoms with Crippen LogP contribution in [0.15, 0.2) is 0 Å². The number of hydrogen-bond donors (Lipinski definition) is 0. The van der Waals surface area contributed by atoms with Gasteiger partial charge in [-0.05, 0) is 0 Å². The summed E-state index contributed by atoms with van der Waals surface area (Å²) >= 11 is 0. The summed E-state index contributed by atoms with van der Waals surface area (Å²) in [5, 5.41) is 59.0. The standard InChI is InChI=1S/2In.4NO3.2H2O/c;;4*2-1(3)4;;/h;;;;;;2*1H2/q;+3;4*-1;;. The van der Waals surface area contributed by atoms with Crippen molar-refractivity contribution in [2.75, 3.05) is 0 Å².